The molecule has 1 aromatic rings. The topological polar surface area (TPSA) is 61.4 Å². The van der Waals surface area contributed by atoms with Gasteiger partial charge in [0.2, 0.25) is 5.91 Å². The van der Waals surface area contributed by atoms with E-state index in [-0.39, 0.29) is 11.8 Å². The number of amides is 2. The van der Waals surface area contributed by atoms with Crippen molar-refractivity contribution in [3.63, 3.8) is 0 Å². The first-order valence-electron chi connectivity index (χ1n) is 6.88. The van der Waals surface area contributed by atoms with Crippen molar-refractivity contribution in [2.75, 3.05) is 26.0 Å². The Bertz CT molecular complexity index is 526. The van der Waals surface area contributed by atoms with Crippen molar-refractivity contribution in [1.82, 2.24) is 10.2 Å². The molecule has 108 valence electrons. The number of hydrogen-bond donors (Lipinski definition) is 2. The number of nitrogens with one attached hydrogen (secondary N) is 2. The van der Waals surface area contributed by atoms with E-state index in [1.54, 1.807) is 21.0 Å². The summed E-state index contributed by atoms with van der Waals surface area (Å²) >= 11 is 0. The Kier molecular flexibility index (Phi) is 4.27. The number of benzene rings is 1. The Morgan fingerprint density at radius 2 is 2.10 bits per heavy atom. The van der Waals surface area contributed by atoms with Crippen LogP contribution in [0.3, 0.4) is 0 Å². The predicted octanol–water partition coefficient (Wildman–Crippen LogP) is 1.25. The highest BCUT2D eigenvalue weighted by atomic mass is 16.2. The number of hydrogen-bond acceptors (Lipinski definition) is 3. The van der Waals surface area contributed by atoms with E-state index in [9.17, 15) is 9.59 Å². The standard InChI is InChI=1S/C15H21N3O2/c1-10(15(20)18(2)3)17-14(19)12-6-4-8-13-11(12)7-5-9-16-13/h4,6,8,10,16H,5,7,9H2,1-3H3,(H,17,19). The number of likely N-dealkylation sites (N-methyl/N-ethyl adjacent to an activating group) is 1. The minimum absolute atomic E-state index is 0.110. The Balaban J connectivity index is 2.16. The summed E-state index contributed by atoms with van der Waals surface area (Å²) in [7, 11) is 3.36. The highest BCUT2D eigenvalue weighted by Gasteiger charge is 2.21. The molecule has 1 atom stereocenters. The summed E-state index contributed by atoms with van der Waals surface area (Å²) in [5.41, 5.74) is 2.73. The molecule has 5 heteroatoms. The third kappa shape index (κ3) is 2.92. The van der Waals surface area contributed by atoms with Crippen LogP contribution in [0.15, 0.2) is 18.2 Å². The molecule has 0 aromatic heterocycles. The van der Waals surface area contributed by atoms with Gasteiger partial charge in [-0.05, 0) is 37.5 Å². The van der Waals surface area contributed by atoms with Gasteiger partial charge in [-0.25, -0.2) is 0 Å². The fourth-order valence-electron chi connectivity index (χ4n) is 2.45. The van der Waals surface area contributed by atoms with Crippen LogP contribution in [-0.2, 0) is 11.2 Å². The van der Waals surface area contributed by atoms with E-state index in [2.05, 4.69) is 10.6 Å². The van der Waals surface area contributed by atoms with Crippen LogP contribution in [0.2, 0.25) is 0 Å². The summed E-state index contributed by atoms with van der Waals surface area (Å²) < 4.78 is 0. The van der Waals surface area contributed by atoms with Crippen molar-refractivity contribution in [2.45, 2.75) is 25.8 Å². The summed E-state index contributed by atoms with van der Waals surface area (Å²) in [6, 6.07) is 5.14. The van der Waals surface area contributed by atoms with Crippen LogP contribution >= 0.6 is 0 Å². The Morgan fingerprint density at radius 1 is 1.35 bits per heavy atom. The molecule has 0 bridgehead atoms. The number of anilines is 1. The number of nitrogens with zero attached hydrogens (tertiary/aromatic N) is 1. The van der Waals surface area contributed by atoms with Gasteiger partial charge in [0.05, 0.1) is 0 Å². The highest BCUT2D eigenvalue weighted by Crippen LogP contribution is 2.25. The number of carbonyl (C=O) groups excluding carboxylic acids is 2. The van der Waals surface area contributed by atoms with Crippen LogP contribution in [0.25, 0.3) is 0 Å². The first-order chi connectivity index (χ1) is 9.50. The highest BCUT2D eigenvalue weighted by molar-refractivity contribution is 5.99. The minimum Gasteiger partial charge on any atom is -0.385 e. The second-order valence-electron chi connectivity index (χ2n) is 5.29. The zero-order chi connectivity index (χ0) is 14.7. The third-order valence-electron chi connectivity index (χ3n) is 3.50. The van der Waals surface area contributed by atoms with Crippen LogP contribution in [-0.4, -0.2) is 43.4 Å². The molecule has 5 nitrogen and oxygen atoms in total. The van der Waals surface area contributed by atoms with Gasteiger partial charge in [0.15, 0.2) is 0 Å². The summed E-state index contributed by atoms with van der Waals surface area (Å²) in [4.78, 5) is 25.6. The number of fused-ring (bicyclic) bond motifs is 1. The van der Waals surface area contributed by atoms with E-state index in [0.717, 1.165) is 30.6 Å². The minimum atomic E-state index is -0.523. The fourth-order valence-corrected chi connectivity index (χ4v) is 2.45. The second kappa shape index (κ2) is 5.94. The van der Waals surface area contributed by atoms with Crippen molar-refractivity contribution in [2.24, 2.45) is 0 Å². The molecule has 1 aliphatic heterocycles. The van der Waals surface area contributed by atoms with Crippen molar-refractivity contribution in [3.05, 3.63) is 29.3 Å². The predicted molar refractivity (Wildman–Crippen MR) is 78.9 cm³/mol. The van der Waals surface area contributed by atoms with Gasteiger partial charge in [-0.3, -0.25) is 9.59 Å². The third-order valence-corrected chi connectivity index (χ3v) is 3.50. The molecule has 1 heterocycles. The van der Waals surface area contributed by atoms with Crippen molar-refractivity contribution in [1.29, 1.82) is 0 Å². The maximum atomic E-state index is 12.3. The van der Waals surface area contributed by atoms with Crippen molar-refractivity contribution >= 4 is 17.5 Å². The van der Waals surface area contributed by atoms with E-state index >= 15 is 0 Å². The van der Waals surface area contributed by atoms with Crippen LogP contribution in [0.4, 0.5) is 5.69 Å². The zero-order valence-electron chi connectivity index (χ0n) is 12.2. The lowest BCUT2D eigenvalue weighted by Gasteiger charge is -2.22. The van der Waals surface area contributed by atoms with Gasteiger partial charge in [-0.15, -0.1) is 0 Å². The molecule has 0 saturated carbocycles. The molecule has 0 radical (unpaired) electrons. The summed E-state index contributed by atoms with van der Waals surface area (Å²) in [6.07, 6.45) is 1.91. The zero-order valence-corrected chi connectivity index (χ0v) is 12.2. The van der Waals surface area contributed by atoms with Crippen LogP contribution in [0, 0.1) is 0 Å². The number of carbonyl (C=O) groups is 2. The maximum Gasteiger partial charge on any atom is 0.252 e. The monoisotopic (exact) mass is 275 g/mol. The number of rotatable bonds is 3. The molecule has 1 aliphatic rings. The molecular formula is C15H21N3O2. The SMILES string of the molecule is CC(NC(=O)c1cccc2c1CCCN2)C(=O)N(C)C. The van der Waals surface area contributed by atoms with Crippen LogP contribution < -0.4 is 10.6 Å². The summed E-state index contributed by atoms with van der Waals surface area (Å²) in [6.45, 7) is 2.64. The molecule has 2 rings (SSSR count). The van der Waals surface area contributed by atoms with E-state index in [1.807, 2.05) is 18.2 Å². The molecule has 1 aromatic carbocycles. The van der Waals surface area contributed by atoms with Crippen molar-refractivity contribution in [3.8, 4) is 0 Å². The average molecular weight is 275 g/mol. The largest absolute Gasteiger partial charge is 0.385 e. The van der Waals surface area contributed by atoms with Gasteiger partial charge in [0, 0.05) is 31.9 Å². The average Bonchev–Trinajstić information content (AvgIpc) is 2.45. The van der Waals surface area contributed by atoms with Gasteiger partial charge >= 0.3 is 0 Å². The Morgan fingerprint density at radius 3 is 2.80 bits per heavy atom. The second-order valence-corrected chi connectivity index (χ2v) is 5.29. The first kappa shape index (κ1) is 14.4. The summed E-state index contributed by atoms with van der Waals surface area (Å²) in [5, 5.41) is 6.07. The Hall–Kier alpha value is -2.04. The molecule has 0 fully saturated rings. The van der Waals surface area contributed by atoms with E-state index in [1.165, 1.54) is 4.90 Å². The van der Waals surface area contributed by atoms with Gasteiger partial charge in [0.1, 0.15) is 6.04 Å². The van der Waals surface area contributed by atoms with Crippen LogP contribution in [0.1, 0.15) is 29.3 Å². The van der Waals surface area contributed by atoms with E-state index < -0.39 is 6.04 Å². The first-order valence-corrected chi connectivity index (χ1v) is 6.88. The lowest BCUT2D eigenvalue weighted by molar-refractivity contribution is -0.130. The normalized spacial score (nSPS) is 14.8. The van der Waals surface area contributed by atoms with Gasteiger partial charge in [0.25, 0.3) is 5.91 Å². The van der Waals surface area contributed by atoms with Crippen LogP contribution in [0.5, 0.6) is 0 Å². The molecule has 2 amide bonds. The quantitative estimate of drug-likeness (QED) is 0.873. The molecular weight excluding hydrogens is 254 g/mol. The van der Waals surface area contributed by atoms with Gasteiger partial charge in [-0.1, -0.05) is 6.07 Å². The Labute approximate surface area is 119 Å². The fraction of sp³-hybridized carbons (Fsp3) is 0.467. The molecule has 20 heavy (non-hydrogen) atoms. The molecule has 0 spiro atoms. The van der Waals surface area contributed by atoms with Crippen molar-refractivity contribution < 1.29 is 9.59 Å². The van der Waals surface area contributed by atoms with E-state index in [0.29, 0.717) is 5.56 Å². The lowest BCUT2D eigenvalue weighted by atomic mass is 9.97. The summed E-state index contributed by atoms with van der Waals surface area (Å²) in [5.74, 6) is -0.297. The van der Waals surface area contributed by atoms with E-state index in [4.69, 9.17) is 0 Å². The molecule has 0 aliphatic carbocycles. The molecule has 0 saturated heterocycles. The molecule has 1 unspecified atom stereocenters. The van der Waals surface area contributed by atoms with Gasteiger partial charge < -0.3 is 15.5 Å². The smallest absolute Gasteiger partial charge is 0.252 e. The molecule has 2 N–H and O–H groups in total. The maximum absolute atomic E-state index is 12.3. The van der Waals surface area contributed by atoms with Gasteiger partial charge in [-0.2, -0.15) is 0 Å². The lowest BCUT2D eigenvalue weighted by Crippen LogP contribution is -2.44.